The Kier molecular flexibility index (Phi) is 6.14. The lowest BCUT2D eigenvalue weighted by Crippen LogP contribution is -2.43. The van der Waals surface area contributed by atoms with Crippen LogP contribution in [0.4, 0.5) is 0 Å². The Morgan fingerprint density at radius 1 is 1.50 bits per heavy atom. The predicted molar refractivity (Wildman–Crippen MR) is 74.9 cm³/mol. The van der Waals surface area contributed by atoms with E-state index in [-0.39, 0.29) is 0 Å². The number of nitrogens with two attached hydrogens (primary N) is 1. The molecule has 0 saturated heterocycles. The molecule has 0 aliphatic rings. The van der Waals surface area contributed by atoms with Crippen molar-refractivity contribution in [2.24, 2.45) is 16.8 Å². The zero-order valence-corrected chi connectivity index (χ0v) is 11.4. The molecule has 0 unspecified atom stereocenters. The number of aliphatic imine (C=N–C) groups is 1. The van der Waals surface area contributed by atoms with Crippen molar-refractivity contribution in [3.63, 3.8) is 0 Å². The molecule has 4 N–H and O–H groups in total. The molecule has 100 valence electrons. The number of rotatable bonds is 5. The quantitative estimate of drug-likeness (QED) is 0.317. The first-order chi connectivity index (χ1) is 8.67. The van der Waals surface area contributed by atoms with Gasteiger partial charge in [0.15, 0.2) is 0 Å². The highest BCUT2D eigenvalue weighted by atomic mass is 15.3. The fourth-order valence-corrected chi connectivity index (χ4v) is 1.54. The lowest BCUT2D eigenvalue weighted by atomic mass is 10.1. The van der Waals surface area contributed by atoms with Crippen molar-refractivity contribution < 1.29 is 0 Å². The van der Waals surface area contributed by atoms with Crippen LogP contribution in [0.25, 0.3) is 0 Å². The van der Waals surface area contributed by atoms with E-state index in [0.29, 0.717) is 18.4 Å². The number of nitrogens with one attached hydrogen (secondary N) is 2. The van der Waals surface area contributed by atoms with Crippen LogP contribution in [0.15, 0.2) is 23.3 Å². The lowest BCUT2D eigenvalue weighted by molar-refractivity contribution is 0.615. The highest BCUT2D eigenvalue weighted by molar-refractivity contribution is 5.79. The van der Waals surface area contributed by atoms with Gasteiger partial charge in [0.05, 0.1) is 12.2 Å². The van der Waals surface area contributed by atoms with Gasteiger partial charge in [-0.25, -0.2) is 10.8 Å². The minimum atomic E-state index is 0.536. The Bertz CT molecular complexity index is 387. The van der Waals surface area contributed by atoms with Crippen molar-refractivity contribution >= 4 is 5.96 Å². The standard InChI is InChI=1S/C13H23N5/c1-4-11-6-5-7-15-12(11)9-17-13(18-14)16-8-10(2)3/h5-7,10H,4,8-9,14H2,1-3H3,(H2,16,17,18). The monoisotopic (exact) mass is 249 g/mol. The molecule has 0 saturated carbocycles. The normalized spacial score (nSPS) is 11.7. The molecule has 1 aromatic rings. The van der Waals surface area contributed by atoms with E-state index < -0.39 is 0 Å². The van der Waals surface area contributed by atoms with Gasteiger partial charge in [-0.15, -0.1) is 0 Å². The van der Waals surface area contributed by atoms with E-state index in [2.05, 4.69) is 47.6 Å². The Balaban J connectivity index is 2.64. The summed E-state index contributed by atoms with van der Waals surface area (Å²) < 4.78 is 0. The van der Waals surface area contributed by atoms with Crippen LogP contribution in [0, 0.1) is 5.92 Å². The molecule has 0 spiro atoms. The third kappa shape index (κ3) is 4.71. The number of aromatic nitrogens is 1. The second-order valence-electron chi connectivity index (χ2n) is 4.55. The van der Waals surface area contributed by atoms with Crippen molar-refractivity contribution in [1.29, 1.82) is 0 Å². The van der Waals surface area contributed by atoms with Crippen LogP contribution in [0.2, 0.25) is 0 Å². The second kappa shape index (κ2) is 7.66. The lowest BCUT2D eigenvalue weighted by Gasteiger charge is -2.11. The molecule has 0 aliphatic heterocycles. The van der Waals surface area contributed by atoms with Crippen LogP contribution in [0.5, 0.6) is 0 Å². The van der Waals surface area contributed by atoms with E-state index in [0.717, 1.165) is 18.7 Å². The van der Waals surface area contributed by atoms with E-state index >= 15 is 0 Å². The summed E-state index contributed by atoms with van der Waals surface area (Å²) in [5.41, 5.74) is 4.80. The van der Waals surface area contributed by atoms with Crippen LogP contribution in [-0.4, -0.2) is 17.5 Å². The number of hydrazine groups is 1. The maximum absolute atomic E-state index is 5.43. The Morgan fingerprint density at radius 2 is 2.28 bits per heavy atom. The third-order valence-electron chi connectivity index (χ3n) is 2.57. The van der Waals surface area contributed by atoms with Gasteiger partial charge < -0.3 is 5.32 Å². The zero-order chi connectivity index (χ0) is 13.4. The first-order valence-corrected chi connectivity index (χ1v) is 6.35. The smallest absolute Gasteiger partial charge is 0.206 e. The molecule has 5 heteroatoms. The Hall–Kier alpha value is -1.62. The topological polar surface area (TPSA) is 75.3 Å². The van der Waals surface area contributed by atoms with E-state index in [4.69, 9.17) is 5.84 Å². The minimum absolute atomic E-state index is 0.536. The molecule has 0 aliphatic carbocycles. The molecule has 0 atom stereocenters. The molecule has 0 aromatic carbocycles. The number of hydrogen-bond acceptors (Lipinski definition) is 3. The molecule has 0 fully saturated rings. The highest BCUT2D eigenvalue weighted by Gasteiger charge is 2.02. The van der Waals surface area contributed by atoms with Gasteiger partial charge in [0.2, 0.25) is 5.96 Å². The maximum atomic E-state index is 5.43. The maximum Gasteiger partial charge on any atom is 0.206 e. The molecule has 0 radical (unpaired) electrons. The second-order valence-corrected chi connectivity index (χ2v) is 4.55. The average molecular weight is 249 g/mol. The van der Waals surface area contributed by atoms with Crippen molar-refractivity contribution in [2.45, 2.75) is 33.7 Å². The SMILES string of the molecule is CCc1cccnc1CN=C(NN)NCC(C)C. The Labute approximate surface area is 109 Å². The van der Waals surface area contributed by atoms with Crippen LogP contribution in [-0.2, 0) is 13.0 Å². The number of nitrogens with zero attached hydrogens (tertiary/aromatic N) is 2. The van der Waals surface area contributed by atoms with Gasteiger partial charge in [-0.1, -0.05) is 26.8 Å². The van der Waals surface area contributed by atoms with Crippen LogP contribution < -0.4 is 16.6 Å². The number of guanidine groups is 1. The molecule has 1 rings (SSSR count). The van der Waals surface area contributed by atoms with Crippen LogP contribution in [0.1, 0.15) is 32.0 Å². The fraction of sp³-hybridized carbons (Fsp3) is 0.538. The predicted octanol–water partition coefficient (Wildman–Crippen LogP) is 1.21. The summed E-state index contributed by atoms with van der Waals surface area (Å²) in [5, 5.41) is 3.16. The van der Waals surface area contributed by atoms with Crippen molar-refractivity contribution in [3.8, 4) is 0 Å². The number of aryl methyl sites for hydroxylation is 1. The molecule has 1 heterocycles. The first-order valence-electron chi connectivity index (χ1n) is 6.35. The van der Waals surface area contributed by atoms with E-state index in [1.807, 2.05) is 6.07 Å². The van der Waals surface area contributed by atoms with Gasteiger partial charge >= 0.3 is 0 Å². The van der Waals surface area contributed by atoms with Gasteiger partial charge in [0.1, 0.15) is 0 Å². The van der Waals surface area contributed by atoms with Gasteiger partial charge in [-0.2, -0.15) is 0 Å². The summed E-state index contributed by atoms with van der Waals surface area (Å²) in [7, 11) is 0. The summed E-state index contributed by atoms with van der Waals surface area (Å²) in [5.74, 6) is 6.58. The molecule has 1 aromatic heterocycles. The van der Waals surface area contributed by atoms with Gasteiger partial charge in [0.25, 0.3) is 0 Å². The molecule has 0 amide bonds. The molecular weight excluding hydrogens is 226 g/mol. The summed E-state index contributed by atoms with van der Waals surface area (Å²) in [4.78, 5) is 8.75. The van der Waals surface area contributed by atoms with Crippen molar-refractivity contribution in [3.05, 3.63) is 29.6 Å². The highest BCUT2D eigenvalue weighted by Crippen LogP contribution is 2.07. The molecular formula is C13H23N5. The summed E-state index contributed by atoms with van der Waals surface area (Å²) in [6.45, 7) is 7.76. The van der Waals surface area contributed by atoms with Crippen LogP contribution in [0.3, 0.4) is 0 Å². The molecule has 5 nitrogen and oxygen atoms in total. The fourth-order valence-electron chi connectivity index (χ4n) is 1.54. The van der Waals surface area contributed by atoms with Crippen LogP contribution >= 0.6 is 0 Å². The summed E-state index contributed by atoms with van der Waals surface area (Å²) in [6, 6.07) is 4.03. The average Bonchev–Trinajstić information content (AvgIpc) is 2.39. The number of hydrogen-bond donors (Lipinski definition) is 3. The first kappa shape index (κ1) is 14.4. The van der Waals surface area contributed by atoms with E-state index in [9.17, 15) is 0 Å². The summed E-state index contributed by atoms with van der Waals surface area (Å²) >= 11 is 0. The van der Waals surface area contributed by atoms with E-state index in [1.165, 1.54) is 5.56 Å². The Morgan fingerprint density at radius 3 is 2.89 bits per heavy atom. The summed E-state index contributed by atoms with van der Waals surface area (Å²) in [6.07, 6.45) is 2.75. The third-order valence-corrected chi connectivity index (χ3v) is 2.57. The largest absolute Gasteiger partial charge is 0.355 e. The molecule has 0 bridgehead atoms. The van der Waals surface area contributed by atoms with Gasteiger partial charge in [-0.3, -0.25) is 10.4 Å². The minimum Gasteiger partial charge on any atom is -0.355 e. The van der Waals surface area contributed by atoms with Crippen molar-refractivity contribution in [2.75, 3.05) is 6.54 Å². The molecule has 18 heavy (non-hydrogen) atoms. The van der Waals surface area contributed by atoms with Gasteiger partial charge in [0, 0.05) is 12.7 Å². The van der Waals surface area contributed by atoms with Gasteiger partial charge in [-0.05, 0) is 24.0 Å². The number of pyridine rings is 1. The zero-order valence-electron chi connectivity index (χ0n) is 11.4. The van der Waals surface area contributed by atoms with Crippen molar-refractivity contribution in [1.82, 2.24) is 15.7 Å². The van der Waals surface area contributed by atoms with E-state index in [1.54, 1.807) is 6.20 Å².